The number of nitrogens with two attached hydrogens (primary N) is 1. The van der Waals surface area contributed by atoms with Gasteiger partial charge < -0.3 is 15.7 Å². The third kappa shape index (κ3) is 7.58. The largest absolute Gasteiger partial charge is 0.493 e. The molecule has 41 heavy (non-hydrogen) atoms. The first-order valence-electron chi connectivity index (χ1n) is 13.0. The zero-order valence-electron chi connectivity index (χ0n) is 23.3. The van der Waals surface area contributed by atoms with Crippen LogP contribution in [-0.2, 0) is 5.41 Å². The van der Waals surface area contributed by atoms with Crippen LogP contribution in [0.1, 0.15) is 73.8 Å². The SMILES string of the molecule is CCC(CC)(c1ccc(C#CC(O)(C(F)(F)F)C(F)(F)F)c(C)c1)c1ccc(OCCCCC(=N)N=NN)c(C)c1. The average molecular weight is 585 g/mol. The Kier molecular flexibility index (Phi) is 11.0. The van der Waals surface area contributed by atoms with Crippen molar-refractivity contribution in [3.8, 4) is 17.6 Å². The third-order valence-electron chi connectivity index (χ3n) is 7.16. The summed E-state index contributed by atoms with van der Waals surface area (Å²) >= 11 is 0. The highest BCUT2D eigenvalue weighted by Crippen LogP contribution is 2.43. The Morgan fingerprint density at radius 2 is 1.49 bits per heavy atom. The lowest BCUT2D eigenvalue weighted by Gasteiger charge is -2.34. The zero-order chi connectivity index (χ0) is 31.1. The Labute approximate surface area is 235 Å². The summed E-state index contributed by atoms with van der Waals surface area (Å²) in [4.78, 5) is 0. The molecule has 224 valence electrons. The summed E-state index contributed by atoms with van der Waals surface area (Å²) in [6.45, 7) is 7.91. The lowest BCUT2D eigenvalue weighted by Crippen LogP contribution is -2.55. The number of alkyl halides is 6. The number of hydrogen-bond donors (Lipinski definition) is 3. The third-order valence-corrected chi connectivity index (χ3v) is 7.16. The Morgan fingerprint density at radius 3 is 1.98 bits per heavy atom. The van der Waals surface area contributed by atoms with Gasteiger partial charge in [0.25, 0.3) is 0 Å². The number of amidine groups is 1. The van der Waals surface area contributed by atoms with Gasteiger partial charge >= 0.3 is 18.0 Å². The van der Waals surface area contributed by atoms with Crippen molar-refractivity contribution in [1.82, 2.24) is 0 Å². The van der Waals surface area contributed by atoms with Crippen molar-refractivity contribution in [2.75, 3.05) is 6.61 Å². The van der Waals surface area contributed by atoms with Gasteiger partial charge in [-0.25, -0.2) is 0 Å². The monoisotopic (exact) mass is 584 g/mol. The van der Waals surface area contributed by atoms with E-state index in [0.717, 1.165) is 22.6 Å². The van der Waals surface area contributed by atoms with Crippen molar-refractivity contribution in [2.24, 2.45) is 16.2 Å². The number of hydrogen-bond acceptors (Lipinski definition) is 4. The fourth-order valence-corrected chi connectivity index (χ4v) is 4.60. The molecule has 0 radical (unpaired) electrons. The zero-order valence-corrected chi connectivity index (χ0v) is 23.3. The van der Waals surface area contributed by atoms with Gasteiger partial charge in [-0.05, 0) is 79.8 Å². The van der Waals surface area contributed by atoms with Crippen LogP contribution >= 0.6 is 0 Å². The number of unbranched alkanes of at least 4 members (excludes halogenated alkanes) is 1. The highest BCUT2D eigenvalue weighted by molar-refractivity contribution is 5.79. The van der Waals surface area contributed by atoms with Gasteiger partial charge in [0.05, 0.1) is 6.61 Å². The molecule has 0 spiro atoms. The number of aliphatic hydroxyl groups is 1. The molecule has 2 aromatic carbocycles. The number of nitrogens with zero attached hydrogens (tertiary/aromatic N) is 2. The number of aryl methyl sites for hydroxylation is 2. The smallest absolute Gasteiger partial charge is 0.438 e. The van der Waals surface area contributed by atoms with E-state index in [1.165, 1.54) is 6.07 Å². The maximum absolute atomic E-state index is 13.0. The molecule has 0 amide bonds. The van der Waals surface area contributed by atoms with Crippen LogP contribution in [0.15, 0.2) is 46.7 Å². The van der Waals surface area contributed by atoms with Gasteiger partial charge in [0.15, 0.2) is 0 Å². The molecular weight excluding hydrogens is 550 g/mol. The van der Waals surface area contributed by atoms with Gasteiger partial charge in [-0.2, -0.15) is 26.3 Å². The minimum absolute atomic E-state index is 0.0528. The van der Waals surface area contributed by atoms with Gasteiger partial charge in [-0.1, -0.05) is 49.3 Å². The fraction of sp³-hybridized carbons (Fsp3) is 0.483. The summed E-state index contributed by atoms with van der Waals surface area (Å²) in [6, 6.07) is 10.6. The molecule has 0 aliphatic rings. The second kappa shape index (κ2) is 13.4. The van der Waals surface area contributed by atoms with Crippen LogP contribution in [0, 0.1) is 31.1 Å². The van der Waals surface area contributed by atoms with E-state index in [9.17, 15) is 31.4 Å². The van der Waals surface area contributed by atoms with E-state index in [2.05, 4.69) is 10.3 Å². The van der Waals surface area contributed by atoms with Gasteiger partial charge in [-0.3, -0.25) is 5.41 Å². The molecule has 0 bridgehead atoms. The number of nitrogens with one attached hydrogen (secondary N) is 1. The van der Waals surface area contributed by atoms with Crippen LogP contribution in [0.3, 0.4) is 0 Å². The molecule has 2 rings (SSSR count). The maximum Gasteiger partial charge on any atom is 0.438 e. The summed E-state index contributed by atoms with van der Waals surface area (Å²) in [6.07, 6.45) is -8.86. The van der Waals surface area contributed by atoms with E-state index < -0.39 is 23.4 Å². The fourth-order valence-electron chi connectivity index (χ4n) is 4.60. The van der Waals surface area contributed by atoms with E-state index in [1.807, 2.05) is 44.9 Å². The van der Waals surface area contributed by atoms with E-state index in [0.29, 0.717) is 50.0 Å². The first-order valence-corrected chi connectivity index (χ1v) is 13.0. The lowest BCUT2D eigenvalue weighted by molar-refractivity contribution is -0.343. The molecule has 0 saturated carbocycles. The maximum atomic E-state index is 13.0. The van der Waals surface area contributed by atoms with Crippen molar-refractivity contribution < 1.29 is 36.2 Å². The van der Waals surface area contributed by atoms with Crippen molar-refractivity contribution in [1.29, 1.82) is 5.41 Å². The van der Waals surface area contributed by atoms with Crippen molar-refractivity contribution >= 4 is 5.84 Å². The van der Waals surface area contributed by atoms with E-state index in [1.54, 1.807) is 19.1 Å². The van der Waals surface area contributed by atoms with E-state index >= 15 is 0 Å². The number of benzene rings is 2. The molecular formula is C29H34F6N4O2. The van der Waals surface area contributed by atoms with Crippen LogP contribution in [0.4, 0.5) is 26.3 Å². The lowest BCUT2D eigenvalue weighted by atomic mass is 9.70. The minimum Gasteiger partial charge on any atom is -0.493 e. The highest BCUT2D eigenvalue weighted by atomic mass is 19.4. The number of halogens is 6. The van der Waals surface area contributed by atoms with Gasteiger partial charge in [-0.15, -0.1) is 5.11 Å². The molecule has 12 heteroatoms. The van der Waals surface area contributed by atoms with Crippen molar-refractivity contribution in [3.63, 3.8) is 0 Å². The molecule has 6 nitrogen and oxygen atoms in total. The molecule has 0 unspecified atom stereocenters. The quantitative estimate of drug-likeness (QED) is 0.0394. The molecule has 4 N–H and O–H groups in total. The summed E-state index contributed by atoms with van der Waals surface area (Å²) in [7, 11) is 0. The van der Waals surface area contributed by atoms with Crippen LogP contribution in [-0.4, -0.2) is 35.5 Å². The summed E-state index contributed by atoms with van der Waals surface area (Å²) < 4.78 is 84.0. The summed E-state index contributed by atoms with van der Waals surface area (Å²) in [5, 5.41) is 23.5. The topological polar surface area (TPSA) is 104 Å². The van der Waals surface area contributed by atoms with Gasteiger partial charge in [0, 0.05) is 17.4 Å². The molecule has 0 fully saturated rings. The first-order chi connectivity index (χ1) is 19.1. The Balaban J connectivity index is 2.32. The molecule has 0 atom stereocenters. The number of rotatable bonds is 10. The second-order valence-corrected chi connectivity index (χ2v) is 9.72. The summed E-state index contributed by atoms with van der Waals surface area (Å²) in [5.74, 6) is 8.65. The van der Waals surface area contributed by atoms with Crippen molar-refractivity contribution in [3.05, 3.63) is 64.2 Å². The van der Waals surface area contributed by atoms with Gasteiger partial charge in [0.2, 0.25) is 0 Å². The molecule has 0 aliphatic heterocycles. The van der Waals surface area contributed by atoms with Crippen LogP contribution < -0.4 is 10.6 Å². The van der Waals surface area contributed by atoms with Crippen LogP contribution in [0.2, 0.25) is 0 Å². The molecule has 0 saturated heterocycles. The molecule has 0 heterocycles. The first kappa shape index (κ1) is 33.6. The standard InChI is InChI=1S/C29H34F6N4O2/c1-5-26(6-2,23-12-13-24(20(4)18-23)41-16-8-7-9-25(36)38-39-37)22-11-10-21(19(3)17-22)14-15-27(40,28(30,31)32)29(33,34)35/h10-13,17-18,40H,5-9,16H2,1-4H3,(H3,36,37,38). The van der Waals surface area contributed by atoms with E-state index in [4.69, 9.17) is 16.0 Å². The Bertz CT molecular complexity index is 1290. The predicted molar refractivity (Wildman–Crippen MR) is 144 cm³/mol. The average Bonchev–Trinajstić information content (AvgIpc) is 2.88. The Hall–Kier alpha value is -3.59. The molecule has 0 aromatic heterocycles. The van der Waals surface area contributed by atoms with Crippen LogP contribution in [0.25, 0.3) is 0 Å². The van der Waals surface area contributed by atoms with Gasteiger partial charge in [0.1, 0.15) is 11.6 Å². The van der Waals surface area contributed by atoms with Crippen molar-refractivity contribution in [2.45, 2.75) is 83.2 Å². The highest BCUT2D eigenvalue weighted by Gasteiger charge is 2.70. The van der Waals surface area contributed by atoms with E-state index in [-0.39, 0.29) is 11.4 Å². The summed E-state index contributed by atoms with van der Waals surface area (Å²) in [5.41, 5.74) is -2.59. The second-order valence-electron chi connectivity index (χ2n) is 9.72. The molecule has 2 aromatic rings. The normalized spacial score (nSPS) is 12.8. The Morgan fingerprint density at radius 1 is 0.927 bits per heavy atom. The number of ether oxygens (including phenoxy) is 1. The van der Waals surface area contributed by atoms with Crippen LogP contribution in [0.5, 0.6) is 5.75 Å². The predicted octanol–water partition coefficient (Wildman–Crippen LogP) is 7.47. The minimum atomic E-state index is -6.01. The molecule has 0 aliphatic carbocycles.